The molecule has 0 bridgehead atoms. The molecule has 0 radical (unpaired) electrons. The minimum atomic E-state index is -0.981. The highest BCUT2D eigenvalue weighted by Gasteiger charge is 2.39. The Hall–Kier alpha value is -3.15. The summed E-state index contributed by atoms with van der Waals surface area (Å²) in [6.07, 6.45) is 0.911. The van der Waals surface area contributed by atoms with Crippen LogP contribution in [0, 0.1) is 11.8 Å². The second-order valence-corrected chi connectivity index (χ2v) is 7.05. The molecule has 2 unspecified atom stereocenters. The summed E-state index contributed by atoms with van der Waals surface area (Å²) >= 11 is 0. The van der Waals surface area contributed by atoms with E-state index < -0.39 is 5.97 Å². The van der Waals surface area contributed by atoms with E-state index in [2.05, 4.69) is 5.32 Å². The zero-order valence-electron chi connectivity index (χ0n) is 15.3. The molecule has 2 atom stereocenters. The van der Waals surface area contributed by atoms with Gasteiger partial charge in [0.05, 0.1) is 5.56 Å². The third kappa shape index (κ3) is 4.53. The van der Waals surface area contributed by atoms with Gasteiger partial charge in [-0.25, -0.2) is 4.79 Å². The third-order valence-corrected chi connectivity index (χ3v) is 4.79. The summed E-state index contributed by atoms with van der Waals surface area (Å²) in [5.41, 5.74) is 2.15. The van der Waals surface area contributed by atoms with Crippen LogP contribution in [-0.2, 0) is 11.3 Å². The number of carboxylic acid groups (broad SMARTS) is 1. The summed E-state index contributed by atoms with van der Waals surface area (Å²) in [4.78, 5) is 37.2. The standard InChI is InChI=1S/C21H22N2O4/c1-13-10-18(13)19(24)22-17-5-3-4-16(11-17)20(25)23(2)12-14-6-8-15(9-7-14)21(26)27/h3-9,11,13,18H,10,12H2,1-2H3,(H,22,24)(H,26,27). The van der Waals surface area contributed by atoms with Crippen LogP contribution in [0.15, 0.2) is 48.5 Å². The fourth-order valence-electron chi connectivity index (χ4n) is 2.97. The number of rotatable bonds is 6. The van der Waals surface area contributed by atoms with Crippen molar-refractivity contribution >= 4 is 23.5 Å². The highest BCUT2D eigenvalue weighted by molar-refractivity contribution is 5.98. The first-order valence-corrected chi connectivity index (χ1v) is 8.84. The number of carbonyl (C=O) groups excluding carboxylic acids is 2. The van der Waals surface area contributed by atoms with E-state index in [-0.39, 0.29) is 23.3 Å². The molecule has 0 aliphatic heterocycles. The van der Waals surface area contributed by atoms with E-state index in [1.807, 2.05) is 6.92 Å². The van der Waals surface area contributed by atoms with Gasteiger partial charge in [-0.05, 0) is 48.2 Å². The maximum atomic E-state index is 12.7. The van der Waals surface area contributed by atoms with Gasteiger partial charge < -0.3 is 15.3 Å². The largest absolute Gasteiger partial charge is 0.478 e. The molecule has 1 aliphatic rings. The first-order valence-electron chi connectivity index (χ1n) is 8.84. The third-order valence-electron chi connectivity index (χ3n) is 4.79. The smallest absolute Gasteiger partial charge is 0.335 e. The molecule has 1 aliphatic carbocycles. The number of amides is 2. The van der Waals surface area contributed by atoms with Crippen molar-refractivity contribution in [2.75, 3.05) is 12.4 Å². The predicted octanol–water partition coefficient (Wildman–Crippen LogP) is 3.25. The van der Waals surface area contributed by atoms with Crippen LogP contribution in [0.3, 0.4) is 0 Å². The molecule has 1 fully saturated rings. The van der Waals surface area contributed by atoms with Crippen molar-refractivity contribution < 1.29 is 19.5 Å². The van der Waals surface area contributed by atoms with Crippen LogP contribution >= 0.6 is 0 Å². The molecule has 6 nitrogen and oxygen atoms in total. The summed E-state index contributed by atoms with van der Waals surface area (Å²) in [5, 5.41) is 11.8. The van der Waals surface area contributed by atoms with Crippen LogP contribution in [0.1, 0.15) is 39.6 Å². The lowest BCUT2D eigenvalue weighted by Crippen LogP contribution is -2.26. The fourth-order valence-corrected chi connectivity index (χ4v) is 2.97. The Bertz CT molecular complexity index is 876. The molecule has 0 aromatic heterocycles. The highest BCUT2D eigenvalue weighted by atomic mass is 16.4. The molecule has 2 aromatic rings. The summed E-state index contributed by atoms with van der Waals surface area (Å²) in [6.45, 7) is 2.40. The molecule has 6 heteroatoms. The number of hydrogen-bond donors (Lipinski definition) is 2. The predicted molar refractivity (Wildman–Crippen MR) is 102 cm³/mol. The van der Waals surface area contributed by atoms with E-state index in [9.17, 15) is 14.4 Å². The van der Waals surface area contributed by atoms with E-state index in [0.29, 0.717) is 23.7 Å². The molecular formula is C21H22N2O4. The quantitative estimate of drug-likeness (QED) is 0.822. The first kappa shape index (κ1) is 18.6. The Labute approximate surface area is 157 Å². The van der Waals surface area contributed by atoms with Crippen molar-refractivity contribution in [3.63, 3.8) is 0 Å². The Morgan fingerprint density at radius 3 is 2.37 bits per heavy atom. The minimum absolute atomic E-state index is 0.000950. The molecule has 2 amide bonds. The number of aromatic carboxylic acids is 1. The van der Waals surface area contributed by atoms with Gasteiger partial charge in [-0.15, -0.1) is 0 Å². The zero-order chi connectivity index (χ0) is 19.6. The lowest BCUT2D eigenvalue weighted by atomic mass is 10.1. The van der Waals surface area contributed by atoms with Gasteiger partial charge in [0.1, 0.15) is 0 Å². The first-order chi connectivity index (χ1) is 12.8. The van der Waals surface area contributed by atoms with Crippen LogP contribution in [0.5, 0.6) is 0 Å². The summed E-state index contributed by atoms with van der Waals surface area (Å²) in [7, 11) is 1.69. The van der Waals surface area contributed by atoms with Crippen LogP contribution in [0.4, 0.5) is 5.69 Å². The summed E-state index contributed by atoms with van der Waals surface area (Å²) in [5.74, 6) is -0.660. The monoisotopic (exact) mass is 366 g/mol. The van der Waals surface area contributed by atoms with Gasteiger partial charge in [0.15, 0.2) is 0 Å². The summed E-state index contributed by atoms with van der Waals surface area (Å²) < 4.78 is 0. The zero-order valence-corrected chi connectivity index (χ0v) is 15.3. The van der Waals surface area contributed by atoms with E-state index in [1.54, 1.807) is 48.3 Å². The topological polar surface area (TPSA) is 86.7 Å². The van der Waals surface area contributed by atoms with Crippen LogP contribution < -0.4 is 5.32 Å². The van der Waals surface area contributed by atoms with Gasteiger partial charge >= 0.3 is 5.97 Å². The molecule has 2 N–H and O–H groups in total. The molecular weight excluding hydrogens is 344 g/mol. The van der Waals surface area contributed by atoms with Crippen molar-refractivity contribution in [1.82, 2.24) is 4.90 Å². The normalized spacial score (nSPS) is 17.9. The number of carbonyl (C=O) groups is 3. The molecule has 140 valence electrons. The number of benzene rings is 2. The number of nitrogens with one attached hydrogen (secondary N) is 1. The van der Waals surface area contributed by atoms with Crippen molar-refractivity contribution in [2.45, 2.75) is 19.9 Å². The SMILES string of the molecule is CC1CC1C(=O)Nc1cccc(C(=O)N(C)Cc2ccc(C(=O)O)cc2)c1. The molecule has 0 saturated heterocycles. The van der Waals surface area contributed by atoms with E-state index in [1.165, 1.54) is 12.1 Å². The highest BCUT2D eigenvalue weighted by Crippen LogP contribution is 2.38. The number of hydrogen-bond acceptors (Lipinski definition) is 3. The Morgan fingerprint density at radius 1 is 1.11 bits per heavy atom. The Balaban J connectivity index is 1.64. The van der Waals surface area contributed by atoms with Crippen molar-refractivity contribution in [1.29, 1.82) is 0 Å². The lowest BCUT2D eigenvalue weighted by molar-refractivity contribution is -0.117. The average Bonchev–Trinajstić information content (AvgIpc) is 3.38. The Morgan fingerprint density at radius 2 is 1.78 bits per heavy atom. The number of nitrogens with zero attached hydrogens (tertiary/aromatic N) is 1. The van der Waals surface area contributed by atoms with Gasteiger partial charge in [-0.2, -0.15) is 0 Å². The van der Waals surface area contributed by atoms with Crippen LogP contribution in [0.2, 0.25) is 0 Å². The molecule has 0 heterocycles. The Kier molecular flexibility index (Phi) is 5.26. The van der Waals surface area contributed by atoms with Gasteiger partial charge in [-0.1, -0.05) is 25.1 Å². The second kappa shape index (κ2) is 7.61. The van der Waals surface area contributed by atoms with E-state index in [0.717, 1.165) is 12.0 Å². The van der Waals surface area contributed by atoms with E-state index >= 15 is 0 Å². The summed E-state index contributed by atoms with van der Waals surface area (Å²) in [6, 6.07) is 13.3. The maximum absolute atomic E-state index is 12.7. The number of carboxylic acids is 1. The van der Waals surface area contributed by atoms with Gasteiger partial charge in [0, 0.05) is 30.8 Å². The van der Waals surface area contributed by atoms with Crippen LogP contribution in [-0.4, -0.2) is 34.8 Å². The van der Waals surface area contributed by atoms with Crippen molar-refractivity contribution in [3.8, 4) is 0 Å². The average molecular weight is 366 g/mol. The molecule has 0 spiro atoms. The molecule has 2 aromatic carbocycles. The van der Waals surface area contributed by atoms with Crippen molar-refractivity contribution in [3.05, 3.63) is 65.2 Å². The van der Waals surface area contributed by atoms with E-state index in [4.69, 9.17) is 5.11 Å². The fraction of sp³-hybridized carbons (Fsp3) is 0.286. The van der Waals surface area contributed by atoms with Crippen molar-refractivity contribution in [2.24, 2.45) is 11.8 Å². The maximum Gasteiger partial charge on any atom is 0.335 e. The number of anilines is 1. The van der Waals surface area contributed by atoms with Gasteiger partial charge in [-0.3, -0.25) is 9.59 Å². The lowest BCUT2D eigenvalue weighted by Gasteiger charge is -2.18. The van der Waals surface area contributed by atoms with Crippen LogP contribution in [0.25, 0.3) is 0 Å². The van der Waals surface area contributed by atoms with Gasteiger partial charge in [0.2, 0.25) is 5.91 Å². The second-order valence-electron chi connectivity index (χ2n) is 7.05. The minimum Gasteiger partial charge on any atom is -0.478 e. The molecule has 1 saturated carbocycles. The molecule has 3 rings (SSSR count). The molecule has 27 heavy (non-hydrogen) atoms. The van der Waals surface area contributed by atoms with Gasteiger partial charge in [0.25, 0.3) is 5.91 Å².